The van der Waals surface area contributed by atoms with Crippen molar-refractivity contribution < 1.29 is 21.1 Å². The maximum absolute atomic E-state index is 3.42. The van der Waals surface area contributed by atoms with E-state index in [-0.39, 0.29) is 36.9 Å². The maximum Gasteiger partial charge on any atom is 2.00 e. The van der Waals surface area contributed by atoms with Crippen LogP contribution in [0.4, 0.5) is 0 Å². The van der Waals surface area contributed by atoms with Gasteiger partial charge < -0.3 is 0 Å². The second-order valence-electron chi connectivity index (χ2n) is 7.78. The van der Waals surface area contributed by atoms with Crippen LogP contribution >= 0.6 is 15.8 Å². The van der Waals surface area contributed by atoms with Crippen molar-refractivity contribution in [1.29, 1.82) is 0 Å². The molecule has 0 heterocycles. The van der Waals surface area contributed by atoms with Gasteiger partial charge in [-0.25, -0.2) is 38.2 Å². The molecule has 3 heteroatoms. The van der Waals surface area contributed by atoms with Gasteiger partial charge in [-0.05, 0) is 49.4 Å². The van der Waals surface area contributed by atoms with Gasteiger partial charge in [0, 0.05) is 0 Å². The van der Waals surface area contributed by atoms with Crippen molar-refractivity contribution >= 4 is 37.1 Å². The molecule has 194 valence electrons. The standard InChI is InChI=1S/C26H24P2.2C4H7.Pt/c1-5-13-23(14-6-1)27(24-15-7-2-8-16-24)21-22-28(25-17-9-3-10-18-25)26-19-11-4-12-20-26;2*1-3-4-2;/h1-20H,21-22H2;2*3-4H,1H2,2H3;/q;2*-1;+2/b;4-3+;4-3-;. The summed E-state index contributed by atoms with van der Waals surface area (Å²) in [6.45, 7) is 10.7. The molecule has 37 heavy (non-hydrogen) atoms. The summed E-state index contributed by atoms with van der Waals surface area (Å²) in [6.07, 6.45) is 9.69. The van der Waals surface area contributed by atoms with E-state index in [0.717, 1.165) is 0 Å². The summed E-state index contributed by atoms with van der Waals surface area (Å²) in [6, 6.07) is 44.2. The first-order valence-corrected chi connectivity index (χ1v) is 15.4. The van der Waals surface area contributed by atoms with E-state index < -0.39 is 0 Å². The van der Waals surface area contributed by atoms with E-state index >= 15 is 0 Å². The first-order valence-electron chi connectivity index (χ1n) is 12.3. The van der Waals surface area contributed by atoms with Gasteiger partial charge in [0.05, 0.1) is 0 Å². The predicted octanol–water partition coefficient (Wildman–Crippen LogP) is 8.04. The SMILES string of the molecule is [CH2-]/C=C/C.[CH2-]/C=C\C.[Pt+2].c1ccc(P(CCP(c2ccccc2)c2ccccc2)c2ccccc2)cc1. The molecule has 0 amide bonds. The number of allylic oxidation sites excluding steroid dienone is 4. The summed E-state index contributed by atoms with van der Waals surface area (Å²) >= 11 is 0. The molecule has 0 aliphatic heterocycles. The van der Waals surface area contributed by atoms with Crippen molar-refractivity contribution in [3.8, 4) is 0 Å². The van der Waals surface area contributed by atoms with E-state index in [2.05, 4.69) is 135 Å². The molecule has 0 atom stereocenters. The molecule has 0 unspecified atom stereocenters. The van der Waals surface area contributed by atoms with Gasteiger partial charge >= 0.3 is 21.1 Å². The molecule has 0 spiro atoms. The molecule has 0 nitrogen and oxygen atoms in total. The van der Waals surface area contributed by atoms with Gasteiger partial charge in [0.15, 0.2) is 0 Å². The summed E-state index contributed by atoms with van der Waals surface area (Å²) < 4.78 is 0. The van der Waals surface area contributed by atoms with E-state index in [1.807, 2.05) is 26.0 Å². The largest absolute Gasteiger partial charge is 2.00 e. The van der Waals surface area contributed by atoms with E-state index in [4.69, 9.17) is 0 Å². The van der Waals surface area contributed by atoms with Crippen LogP contribution in [0, 0.1) is 13.8 Å². The van der Waals surface area contributed by atoms with Gasteiger partial charge in [0.2, 0.25) is 0 Å². The molecule has 0 saturated carbocycles. The minimum Gasteiger partial charge on any atom is -0.245 e. The molecule has 0 N–H and O–H groups in total. The normalized spacial score (nSPS) is 10.4. The number of rotatable bonds is 7. The molecule has 4 aromatic carbocycles. The molecule has 0 aliphatic carbocycles. The van der Waals surface area contributed by atoms with E-state index in [1.54, 1.807) is 12.2 Å². The van der Waals surface area contributed by atoms with Crippen molar-refractivity contribution in [2.24, 2.45) is 0 Å². The van der Waals surface area contributed by atoms with E-state index in [9.17, 15) is 0 Å². The zero-order chi connectivity index (χ0) is 25.8. The van der Waals surface area contributed by atoms with Crippen molar-refractivity contribution in [2.45, 2.75) is 13.8 Å². The Labute approximate surface area is 242 Å². The van der Waals surface area contributed by atoms with Crippen LogP contribution in [0.15, 0.2) is 146 Å². The second kappa shape index (κ2) is 20.7. The molecule has 4 aromatic rings. The molecule has 0 aliphatic rings. The second-order valence-corrected chi connectivity index (χ2v) is 12.5. The van der Waals surface area contributed by atoms with Crippen LogP contribution < -0.4 is 21.2 Å². The molecular formula is C34H38P2Pt. The van der Waals surface area contributed by atoms with Crippen LogP contribution in [0.3, 0.4) is 0 Å². The molecule has 4 rings (SSSR count). The third-order valence-electron chi connectivity index (χ3n) is 5.29. The summed E-state index contributed by atoms with van der Waals surface area (Å²) in [7, 11) is -0.696. The van der Waals surface area contributed by atoms with Crippen molar-refractivity contribution in [3.05, 3.63) is 159 Å². The Hall–Kier alpha value is -2.35. The Morgan fingerprint density at radius 2 is 0.649 bits per heavy atom. The van der Waals surface area contributed by atoms with Gasteiger partial charge in [-0.3, -0.25) is 0 Å². The van der Waals surface area contributed by atoms with Crippen LogP contribution in [-0.4, -0.2) is 12.3 Å². The third-order valence-corrected chi connectivity index (χ3v) is 10.7. The Morgan fingerprint density at radius 3 is 0.811 bits per heavy atom. The minimum atomic E-state index is -0.348. The van der Waals surface area contributed by atoms with Crippen LogP contribution in [-0.2, 0) is 21.1 Å². The number of hydrogen-bond acceptors (Lipinski definition) is 0. The summed E-state index contributed by atoms with van der Waals surface area (Å²) in [4.78, 5) is 0. The fraction of sp³-hybridized carbons (Fsp3) is 0.118. The van der Waals surface area contributed by atoms with Crippen LogP contribution in [0.1, 0.15) is 13.8 Å². The third kappa shape index (κ3) is 12.2. The van der Waals surface area contributed by atoms with E-state index in [0.29, 0.717) is 0 Å². The average molecular weight is 704 g/mol. The molecule has 0 bridgehead atoms. The monoisotopic (exact) mass is 703 g/mol. The summed E-state index contributed by atoms with van der Waals surface area (Å²) in [5, 5.41) is 5.89. The molecular weight excluding hydrogens is 665 g/mol. The van der Waals surface area contributed by atoms with Gasteiger partial charge in [-0.2, -0.15) is 0 Å². The maximum atomic E-state index is 3.42. The van der Waals surface area contributed by atoms with Crippen LogP contribution in [0.2, 0.25) is 0 Å². The van der Waals surface area contributed by atoms with Crippen LogP contribution in [0.5, 0.6) is 0 Å². The molecule has 0 saturated heterocycles. The van der Waals surface area contributed by atoms with Gasteiger partial charge in [-0.1, -0.05) is 121 Å². The smallest absolute Gasteiger partial charge is 0.245 e. The molecule has 0 radical (unpaired) electrons. The number of benzene rings is 4. The molecule has 0 aromatic heterocycles. The Bertz CT molecular complexity index is 932. The minimum absolute atomic E-state index is 0. The fourth-order valence-corrected chi connectivity index (χ4v) is 8.80. The first kappa shape index (κ1) is 32.7. The summed E-state index contributed by atoms with van der Waals surface area (Å²) in [5.74, 6) is 0. The Morgan fingerprint density at radius 1 is 0.459 bits per heavy atom. The Kier molecular flexibility index (Phi) is 18.3. The van der Waals surface area contributed by atoms with Crippen LogP contribution in [0.25, 0.3) is 0 Å². The predicted molar refractivity (Wildman–Crippen MR) is 168 cm³/mol. The van der Waals surface area contributed by atoms with E-state index in [1.165, 1.54) is 33.5 Å². The zero-order valence-corrected chi connectivity index (χ0v) is 26.0. The average Bonchev–Trinajstić information content (AvgIpc) is 2.97. The van der Waals surface area contributed by atoms with Gasteiger partial charge in [0.1, 0.15) is 0 Å². The fourth-order valence-electron chi connectivity index (χ4n) is 3.45. The molecule has 0 fully saturated rings. The Balaban J connectivity index is 0.000000671. The zero-order valence-electron chi connectivity index (χ0n) is 21.9. The van der Waals surface area contributed by atoms with Gasteiger partial charge in [0.25, 0.3) is 0 Å². The summed E-state index contributed by atoms with van der Waals surface area (Å²) in [5.41, 5.74) is 0. The number of hydrogen-bond donors (Lipinski definition) is 0. The quantitative estimate of drug-likeness (QED) is 0.135. The van der Waals surface area contributed by atoms with Gasteiger partial charge in [-0.15, -0.1) is 13.8 Å². The van der Waals surface area contributed by atoms with Crippen molar-refractivity contribution in [1.82, 2.24) is 0 Å². The first-order chi connectivity index (χ1) is 17.7. The van der Waals surface area contributed by atoms with Crippen molar-refractivity contribution in [2.75, 3.05) is 12.3 Å². The van der Waals surface area contributed by atoms with Crippen molar-refractivity contribution in [3.63, 3.8) is 0 Å². The topological polar surface area (TPSA) is 0 Å².